The molecule has 3 N–H and O–H groups in total. The van der Waals surface area contributed by atoms with Crippen LogP contribution in [0.15, 0.2) is 4.52 Å². The zero-order valence-corrected chi connectivity index (χ0v) is 10.9. The van der Waals surface area contributed by atoms with E-state index in [1.165, 1.54) is 0 Å². The van der Waals surface area contributed by atoms with E-state index in [-0.39, 0.29) is 18.5 Å². The number of rotatable bonds is 4. The summed E-state index contributed by atoms with van der Waals surface area (Å²) in [7, 11) is 0. The molecule has 100 valence electrons. The van der Waals surface area contributed by atoms with E-state index in [1.54, 1.807) is 0 Å². The van der Waals surface area contributed by atoms with Crippen LogP contribution < -0.4 is 11.1 Å². The van der Waals surface area contributed by atoms with E-state index in [2.05, 4.69) is 15.4 Å². The molecule has 18 heavy (non-hydrogen) atoms. The van der Waals surface area contributed by atoms with Gasteiger partial charge in [-0.05, 0) is 20.3 Å². The van der Waals surface area contributed by atoms with Gasteiger partial charge in [-0.15, -0.1) is 0 Å². The number of likely N-dealkylation sites (tertiary alicyclic amines) is 1. The molecule has 0 saturated carbocycles. The molecular weight excluding hydrogens is 232 g/mol. The van der Waals surface area contributed by atoms with Gasteiger partial charge in [-0.1, -0.05) is 5.16 Å². The molecule has 0 spiro atoms. The molecule has 2 heterocycles. The number of nitrogens with zero attached hydrogens (tertiary/aromatic N) is 2. The van der Waals surface area contributed by atoms with Gasteiger partial charge in [0.15, 0.2) is 0 Å². The van der Waals surface area contributed by atoms with Crippen molar-refractivity contribution in [2.24, 2.45) is 5.73 Å². The molecule has 0 radical (unpaired) electrons. The first kappa shape index (κ1) is 13.0. The van der Waals surface area contributed by atoms with Gasteiger partial charge in [0.1, 0.15) is 5.76 Å². The Morgan fingerprint density at radius 1 is 1.61 bits per heavy atom. The molecule has 6 nitrogen and oxygen atoms in total. The van der Waals surface area contributed by atoms with E-state index < -0.39 is 0 Å². The molecular formula is C12H20N4O2. The molecule has 0 aromatic carbocycles. The van der Waals surface area contributed by atoms with Gasteiger partial charge < -0.3 is 15.6 Å². The Bertz CT molecular complexity index is 410. The average Bonchev–Trinajstić information content (AvgIpc) is 2.91. The summed E-state index contributed by atoms with van der Waals surface area (Å²) in [5.41, 5.74) is 7.39. The van der Waals surface area contributed by atoms with Gasteiger partial charge in [0.2, 0.25) is 5.91 Å². The molecule has 1 aromatic rings. The predicted octanol–water partition coefficient (Wildman–Crippen LogP) is -0.0594. The lowest BCUT2D eigenvalue weighted by molar-refractivity contribution is -0.120. The number of carbonyl (C=O) groups is 1. The van der Waals surface area contributed by atoms with Crippen molar-refractivity contribution in [2.45, 2.75) is 32.9 Å². The van der Waals surface area contributed by atoms with Crippen molar-refractivity contribution in [3.63, 3.8) is 0 Å². The highest BCUT2D eigenvalue weighted by Gasteiger charge is 2.25. The zero-order valence-electron chi connectivity index (χ0n) is 10.9. The summed E-state index contributed by atoms with van der Waals surface area (Å²) in [6.45, 7) is 6.60. The molecule has 1 fully saturated rings. The fraction of sp³-hybridized carbons (Fsp3) is 0.667. The third-order valence-electron chi connectivity index (χ3n) is 3.39. The van der Waals surface area contributed by atoms with Crippen molar-refractivity contribution in [1.82, 2.24) is 15.4 Å². The molecule has 1 unspecified atom stereocenters. The highest BCUT2D eigenvalue weighted by Crippen LogP contribution is 2.18. The van der Waals surface area contributed by atoms with E-state index in [1.807, 2.05) is 13.8 Å². The zero-order chi connectivity index (χ0) is 13.1. The number of nitrogens with one attached hydrogen (secondary N) is 1. The van der Waals surface area contributed by atoms with Gasteiger partial charge in [-0.2, -0.15) is 0 Å². The van der Waals surface area contributed by atoms with E-state index in [9.17, 15) is 4.79 Å². The maximum absolute atomic E-state index is 11.2. The third-order valence-corrected chi connectivity index (χ3v) is 3.39. The Morgan fingerprint density at radius 2 is 2.39 bits per heavy atom. The van der Waals surface area contributed by atoms with Crippen LogP contribution in [0.2, 0.25) is 0 Å². The summed E-state index contributed by atoms with van der Waals surface area (Å²) in [4.78, 5) is 13.5. The smallest absolute Gasteiger partial charge is 0.233 e. The third kappa shape index (κ3) is 2.88. The van der Waals surface area contributed by atoms with E-state index >= 15 is 0 Å². The topological polar surface area (TPSA) is 84.4 Å². The maximum atomic E-state index is 11.2. The van der Waals surface area contributed by atoms with Gasteiger partial charge in [0.05, 0.1) is 12.2 Å². The number of carbonyl (C=O) groups excluding carboxylic acids is 1. The van der Waals surface area contributed by atoms with Gasteiger partial charge in [-0.3, -0.25) is 9.69 Å². The number of aryl methyl sites for hydroxylation is 2. The number of aromatic nitrogens is 1. The van der Waals surface area contributed by atoms with Crippen LogP contribution in [0.1, 0.15) is 23.4 Å². The fourth-order valence-electron chi connectivity index (χ4n) is 2.33. The van der Waals surface area contributed by atoms with Gasteiger partial charge >= 0.3 is 0 Å². The average molecular weight is 252 g/mol. The van der Waals surface area contributed by atoms with E-state index in [0.717, 1.165) is 43.1 Å². The summed E-state index contributed by atoms with van der Waals surface area (Å²) in [6.07, 6.45) is 0.967. The first-order chi connectivity index (χ1) is 8.60. The first-order valence-electron chi connectivity index (χ1n) is 6.23. The molecule has 6 heteroatoms. The molecule has 1 amide bonds. The lowest BCUT2D eigenvalue weighted by Crippen LogP contribution is -2.40. The summed E-state index contributed by atoms with van der Waals surface area (Å²) >= 11 is 0. The van der Waals surface area contributed by atoms with Crippen LogP contribution >= 0.6 is 0 Å². The number of amides is 1. The summed E-state index contributed by atoms with van der Waals surface area (Å²) in [5, 5.41) is 6.87. The molecule has 0 aliphatic carbocycles. The van der Waals surface area contributed by atoms with Crippen LogP contribution in [0.3, 0.4) is 0 Å². The summed E-state index contributed by atoms with van der Waals surface area (Å²) < 4.78 is 5.15. The first-order valence-corrected chi connectivity index (χ1v) is 6.23. The van der Waals surface area contributed by atoms with E-state index in [4.69, 9.17) is 10.3 Å². The lowest BCUT2D eigenvalue weighted by Gasteiger charge is -2.16. The summed E-state index contributed by atoms with van der Waals surface area (Å²) in [5.74, 6) is 0.793. The van der Waals surface area contributed by atoms with Crippen molar-refractivity contribution in [3.05, 3.63) is 17.0 Å². The van der Waals surface area contributed by atoms with Crippen LogP contribution in [-0.2, 0) is 11.3 Å². The lowest BCUT2D eigenvalue weighted by atomic mass is 10.2. The monoisotopic (exact) mass is 252 g/mol. The van der Waals surface area contributed by atoms with Crippen LogP contribution in [-0.4, -0.2) is 41.6 Å². The Hall–Kier alpha value is -1.40. The van der Waals surface area contributed by atoms with Crippen LogP contribution in [0.25, 0.3) is 0 Å². The predicted molar refractivity (Wildman–Crippen MR) is 66.9 cm³/mol. The molecule has 1 aliphatic rings. The standard InChI is InChI=1S/C12H20N4O2/c1-8-11(9(2)18-15-8)7-16-4-3-10(6-16)14-12(17)5-13/h10H,3-7,13H2,1-2H3,(H,14,17). The largest absolute Gasteiger partial charge is 0.361 e. The molecule has 1 aromatic heterocycles. The minimum absolute atomic E-state index is 0.0559. The van der Waals surface area contributed by atoms with Gasteiger partial charge in [0, 0.05) is 31.2 Å². The van der Waals surface area contributed by atoms with E-state index in [0.29, 0.717) is 0 Å². The van der Waals surface area contributed by atoms with Crippen molar-refractivity contribution in [3.8, 4) is 0 Å². The molecule has 0 bridgehead atoms. The van der Waals surface area contributed by atoms with Crippen molar-refractivity contribution in [2.75, 3.05) is 19.6 Å². The van der Waals surface area contributed by atoms with Crippen LogP contribution in [0, 0.1) is 13.8 Å². The minimum atomic E-state index is -0.0841. The molecule has 1 saturated heterocycles. The second kappa shape index (κ2) is 5.49. The Labute approximate surface area is 106 Å². The van der Waals surface area contributed by atoms with Gasteiger partial charge in [-0.25, -0.2) is 0 Å². The van der Waals surface area contributed by atoms with Gasteiger partial charge in [0.25, 0.3) is 0 Å². The molecule has 1 atom stereocenters. The van der Waals surface area contributed by atoms with Crippen LogP contribution in [0.5, 0.6) is 0 Å². The quantitative estimate of drug-likeness (QED) is 0.784. The second-order valence-corrected chi connectivity index (χ2v) is 4.80. The maximum Gasteiger partial charge on any atom is 0.233 e. The molecule has 2 rings (SSSR count). The Kier molecular flexibility index (Phi) is 3.98. The highest BCUT2D eigenvalue weighted by molar-refractivity contribution is 5.78. The fourth-order valence-corrected chi connectivity index (χ4v) is 2.33. The van der Waals surface area contributed by atoms with Crippen molar-refractivity contribution >= 4 is 5.91 Å². The van der Waals surface area contributed by atoms with Crippen molar-refractivity contribution in [1.29, 1.82) is 0 Å². The summed E-state index contributed by atoms with van der Waals surface area (Å²) in [6, 6.07) is 0.210. The second-order valence-electron chi connectivity index (χ2n) is 4.80. The number of hydrogen-bond donors (Lipinski definition) is 2. The normalized spacial score (nSPS) is 20.3. The van der Waals surface area contributed by atoms with Crippen molar-refractivity contribution < 1.29 is 9.32 Å². The van der Waals surface area contributed by atoms with Crippen LogP contribution in [0.4, 0.5) is 0 Å². The Balaban J connectivity index is 1.88. The number of hydrogen-bond acceptors (Lipinski definition) is 5. The minimum Gasteiger partial charge on any atom is -0.361 e. The highest BCUT2D eigenvalue weighted by atomic mass is 16.5. The Morgan fingerprint density at radius 3 is 3.00 bits per heavy atom. The number of nitrogens with two attached hydrogens (primary N) is 1. The SMILES string of the molecule is Cc1noc(C)c1CN1CCC(NC(=O)CN)C1. The molecule has 1 aliphatic heterocycles.